The van der Waals surface area contributed by atoms with Gasteiger partial charge >= 0.3 is 5.97 Å². The molecule has 22 heavy (non-hydrogen) atoms. The molecule has 3 rings (SSSR count). The first-order chi connectivity index (χ1) is 10.6. The minimum atomic E-state index is -1.27. The Morgan fingerprint density at radius 1 is 1.18 bits per heavy atom. The van der Waals surface area contributed by atoms with E-state index in [1.54, 1.807) is 18.2 Å². The van der Waals surface area contributed by atoms with Gasteiger partial charge in [-0.05, 0) is 30.3 Å². The van der Waals surface area contributed by atoms with Crippen LogP contribution in [0.4, 0.5) is 8.78 Å². The summed E-state index contributed by atoms with van der Waals surface area (Å²) in [5, 5.41) is 3.45. The van der Waals surface area contributed by atoms with E-state index in [2.05, 4.69) is 9.99 Å². The molecule has 0 spiro atoms. The second-order valence-electron chi connectivity index (χ2n) is 4.33. The molecule has 0 radical (unpaired) electrons. The maximum absolute atomic E-state index is 13.4. The topological polar surface area (TPSA) is 57.1 Å². The van der Waals surface area contributed by atoms with E-state index in [1.165, 1.54) is 12.3 Å². The summed E-state index contributed by atoms with van der Waals surface area (Å²) >= 11 is 0. The molecule has 0 aromatic heterocycles. The smallest absolute Gasteiger partial charge is 0.368 e. The summed E-state index contributed by atoms with van der Waals surface area (Å²) in [7, 11) is 0. The Morgan fingerprint density at radius 3 is 2.86 bits per heavy atom. The largest absolute Gasteiger partial charge is 0.454 e. The van der Waals surface area contributed by atoms with Crippen molar-refractivity contribution < 1.29 is 27.9 Å². The number of oxime groups is 1. The van der Waals surface area contributed by atoms with Gasteiger partial charge in [0.25, 0.3) is 0 Å². The number of nitrogens with zero attached hydrogens (tertiary/aromatic N) is 1. The fraction of sp³-hybridized carbons (Fsp3) is 0.0667. The number of benzene rings is 2. The van der Waals surface area contributed by atoms with Crippen LogP contribution in [0.5, 0.6) is 11.5 Å². The van der Waals surface area contributed by atoms with Crippen LogP contribution in [0, 0.1) is 11.6 Å². The highest BCUT2D eigenvalue weighted by atomic mass is 19.2. The number of hydrogen-bond acceptors (Lipinski definition) is 5. The van der Waals surface area contributed by atoms with Gasteiger partial charge in [-0.1, -0.05) is 11.2 Å². The molecule has 0 bridgehead atoms. The van der Waals surface area contributed by atoms with Crippen molar-refractivity contribution >= 4 is 12.2 Å². The third kappa shape index (κ3) is 2.73. The van der Waals surface area contributed by atoms with Crippen molar-refractivity contribution in [3.63, 3.8) is 0 Å². The predicted molar refractivity (Wildman–Crippen MR) is 71.9 cm³/mol. The van der Waals surface area contributed by atoms with Gasteiger partial charge in [-0.3, -0.25) is 0 Å². The van der Waals surface area contributed by atoms with Crippen LogP contribution < -0.4 is 9.47 Å². The first-order valence-electron chi connectivity index (χ1n) is 6.23. The molecule has 0 saturated carbocycles. The maximum Gasteiger partial charge on any atom is 0.368 e. The minimum absolute atomic E-state index is 0.143. The normalized spacial score (nSPS) is 12.6. The summed E-state index contributed by atoms with van der Waals surface area (Å²) in [6.45, 7) is 0.143. The van der Waals surface area contributed by atoms with Crippen LogP contribution in [-0.4, -0.2) is 19.0 Å². The minimum Gasteiger partial charge on any atom is -0.454 e. The molecule has 1 heterocycles. The second kappa shape index (κ2) is 5.80. The zero-order valence-electron chi connectivity index (χ0n) is 11.1. The first kappa shape index (κ1) is 14.0. The van der Waals surface area contributed by atoms with Gasteiger partial charge in [-0.2, -0.15) is 0 Å². The zero-order chi connectivity index (χ0) is 15.5. The van der Waals surface area contributed by atoms with Gasteiger partial charge in [0.05, 0.1) is 6.21 Å². The molecule has 0 unspecified atom stereocenters. The lowest BCUT2D eigenvalue weighted by Crippen LogP contribution is -2.05. The Hall–Kier alpha value is -2.96. The Balaban J connectivity index is 1.69. The van der Waals surface area contributed by atoms with Crippen LogP contribution in [0.3, 0.4) is 0 Å². The van der Waals surface area contributed by atoms with Gasteiger partial charge in [-0.15, -0.1) is 0 Å². The maximum atomic E-state index is 13.4. The number of ether oxygens (including phenoxy) is 2. The van der Waals surface area contributed by atoms with Crippen molar-refractivity contribution in [1.82, 2.24) is 0 Å². The highest BCUT2D eigenvalue weighted by molar-refractivity contribution is 5.90. The Bertz CT molecular complexity index is 761. The first-order valence-corrected chi connectivity index (χ1v) is 6.23. The fourth-order valence-electron chi connectivity index (χ4n) is 1.84. The molecule has 7 heteroatoms. The Labute approximate surface area is 123 Å². The van der Waals surface area contributed by atoms with Crippen molar-refractivity contribution in [3.05, 3.63) is 59.2 Å². The van der Waals surface area contributed by atoms with Gasteiger partial charge < -0.3 is 14.3 Å². The lowest BCUT2D eigenvalue weighted by atomic mass is 10.2. The van der Waals surface area contributed by atoms with Crippen LogP contribution in [0.15, 0.2) is 41.6 Å². The molecule has 2 aromatic carbocycles. The van der Waals surface area contributed by atoms with E-state index in [1.807, 2.05) is 0 Å². The van der Waals surface area contributed by atoms with E-state index in [-0.39, 0.29) is 6.79 Å². The van der Waals surface area contributed by atoms with Gasteiger partial charge in [0.2, 0.25) is 6.79 Å². The van der Waals surface area contributed by atoms with Gasteiger partial charge in [-0.25, -0.2) is 13.6 Å². The molecular weight excluding hydrogens is 296 g/mol. The Morgan fingerprint density at radius 2 is 2.00 bits per heavy atom. The van der Waals surface area contributed by atoms with Gasteiger partial charge in [0, 0.05) is 5.56 Å². The lowest BCUT2D eigenvalue weighted by Gasteiger charge is -2.00. The molecule has 5 nitrogen and oxygen atoms in total. The lowest BCUT2D eigenvalue weighted by molar-refractivity contribution is 0.0512. The summed E-state index contributed by atoms with van der Waals surface area (Å²) in [4.78, 5) is 16.1. The van der Waals surface area contributed by atoms with E-state index >= 15 is 0 Å². The van der Waals surface area contributed by atoms with E-state index in [4.69, 9.17) is 9.47 Å². The van der Waals surface area contributed by atoms with E-state index < -0.39 is 23.2 Å². The van der Waals surface area contributed by atoms with Crippen LogP contribution >= 0.6 is 0 Å². The highest BCUT2D eigenvalue weighted by Gasteiger charge is 2.16. The monoisotopic (exact) mass is 305 g/mol. The predicted octanol–water partition coefficient (Wildman–Crippen LogP) is 2.88. The van der Waals surface area contributed by atoms with Crippen LogP contribution in [0.2, 0.25) is 0 Å². The average molecular weight is 305 g/mol. The molecule has 112 valence electrons. The quantitative estimate of drug-likeness (QED) is 0.497. The molecule has 1 aliphatic rings. The second-order valence-corrected chi connectivity index (χ2v) is 4.33. The molecule has 0 atom stereocenters. The number of fused-ring (bicyclic) bond motifs is 1. The molecule has 0 N–H and O–H groups in total. The Kier molecular flexibility index (Phi) is 3.69. The van der Waals surface area contributed by atoms with Crippen molar-refractivity contribution in [2.75, 3.05) is 6.79 Å². The van der Waals surface area contributed by atoms with Gasteiger partial charge in [0.15, 0.2) is 23.1 Å². The summed E-state index contributed by atoms with van der Waals surface area (Å²) in [6, 6.07) is 8.21. The van der Waals surface area contributed by atoms with Crippen LogP contribution in [-0.2, 0) is 4.84 Å². The summed E-state index contributed by atoms with van der Waals surface area (Å²) in [6.07, 6.45) is 1.25. The molecule has 0 fully saturated rings. The standard InChI is InChI=1S/C15H9F2NO4/c16-11-3-1-2-10(14(11)17)15(19)22-18-7-9-4-5-12-13(6-9)21-8-20-12/h1-7H,8H2/b18-7+. The van der Waals surface area contributed by atoms with Crippen LogP contribution in [0.1, 0.15) is 15.9 Å². The highest BCUT2D eigenvalue weighted by Crippen LogP contribution is 2.31. The number of carbonyl (C=O) groups is 1. The third-order valence-corrected chi connectivity index (χ3v) is 2.91. The zero-order valence-corrected chi connectivity index (χ0v) is 11.1. The van der Waals surface area contributed by atoms with Crippen molar-refractivity contribution in [1.29, 1.82) is 0 Å². The molecular formula is C15H9F2NO4. The summed E-state index contributed by atoms with van der Waals surface area (Å²) in [5.41, 5.74) is 0.0691. The SMILES string of the molecule is O=C(O/N=C/c1ccc2c(c1)OCO2)c1cccc(F)c1F. The number of hydrogen-bond donors (Lipinski definition) is 0. The fourth-order valence-corrected chi connectivity index (χ4v) is 1.84. The molecule has 0 saturated heterocycles. The van der Waals surface area contributed by atoms with E-state index in [0.29, 0.717) is 17.1 Å². The molecule has 0 amide bonds. The van der Waals surface area contributed by atoms with Gasteiger partial charge in [0.1, 0.15) is 5.56 Å². The average Bonchev–Trinajstić information content (AvgIpc) is 2.97. The van der Waals surface area contributed by atoms with E-state index in [0.717, 1.165) is 12.1 Å². The third-order valence-electron chi connectivity index (χ3n) is 2.91. The van der Waals surface area contributed by atoms with E-state index in [9.17, 15) is 13.6 Å². The number of rotatable bonds is 3. The summed E-state index contributed by atoms with van der Waals surface area (Å²) in [5.74, 6) is -2.34. The molecule has 1 aliphatic heterocycles. The number of carbonyl (C=O) groups excluding carboxylic acids is 1. The van der Waals surface area contributed by atoms with Crippen molar-refractivity contribution in [2.45, 2.75) is 0 Å². The number of halogens is 2. The summed E-state index contributed by atoms with van der Waals surface area (Å²) < 4.78 is 36.7. The molecule has 2 aromatic rings. The van der Waals surface area contributed by atoms with Crippen LogP contribution in [0.25, 0.3) is 0 Å². The van der Waals surface area contributed by atoms with Crippen molar-refractivity contribution in [3.8, 4) is 11.5 Å². The van der Waals surface area contributed by atoms with Crippen molar-refractivity contribution in [2.24, 2.45) is 5.16 Å². The molecule has 0 aliphatic carbocycles.